The third-order valence-electron chi connectivity index (χ3n) is 3.46. The van der Waals surface area contributed by atoms with Crippen LogP contribution in [0.1, 0.15) is 12.5 Å². The van der Waals surface area contributed by atoms with Crippen molar-refractivity contribution in [3.05, 3.63) is 48.6 Å². The van der Waals surface area contributed by atoms with Crippen LogP contribution in [0.3, 0.4) is 0 Å². The maximum absolute atomic E-state index is 3.82. The quantitative estimate of drug-likeness (QED) is 0.733. The van der Waals surface area contributed by atoms with Crippen molar-refractivity contribution < 1.29 is 0 Å². The zero-order valence-electron chi connectivity index (χ0n) is 10.7. The summed E-state index contributed by atoms with van der Waals surface area (Å²) in [5.74, 6) is 0. The molecule has 17 heavy (non-hydrogen) atoms. The van der Waals surface area contributed by atoms with Crippen molar-refractivity contribution in [2.24, 2.45) is 0 Å². The Kier molecular flexibility index (Phi) is 4.35. The SMILES string of the molecule is C=CCN1CCN(Cc2ccccc2)C[C@@H]1C. The molecule has 0 aromatic heterocycles. The maximum Gasteiger partial charge on any atom is 0.0234 e. The second-order valence-electron chi connectivity index (χ2n) is 4.85. The van der Waals surface area contributed by atoms with Gasteiger partial charge in [0.2, 0.25) is 0 Å². The molecule has 1 heterocycles. The van der Waals surface area contributed by atoms with Gasteiger partial charge in [0, 0.05) is 38.8 Å². The zero-order valence-corrected chi connectivity index (χ0v) is 10.7. The lowest BCUT2D eigenvalue weighted by Crippen LogP contribution is -2.51. The predicted octanol–water partition coefficient (Wildman–Crippen LogP) is 2.38. The van der Waals surface area contributed by atoms with Gasteiger partial charge in [0.15, 0.2) is 0 Å². The number of piperazine rings is 1. The predicted molar refractivity (Wildman–Crippen MR) is 73.0 cm³/mol. The van der Waals surface area contributed by atoms with Crippen molar-refractivity contribution in [2.75, 3.05) is 26.2 Å². The van der Waals surface area contributed by atoms with E-state index in [0.717, 1.165) is 32.7 Å². The number of hydrogen-bond acceptors (Lipinski definition) is 2. The third kappa shape index (κ3) is 3.42. The molecule has 1 aliphatic rings. The van der Waals surface area contributed by atoms with Gasteiger partial charge < -0.3 is 0 Å². The lowest BCUT2D eigenvalue weighted by Gasteiger charge is -2.39. The first-order valence-electron chi connectivity index (χ1n) is 6.41. The molecule has 2 nitrogen and oxygen atoms in total. The van der Waals surface area contributed by atoms with Crippen molar-refractivity contribution in [3.63, 3.8) is 0 Å². The fourth-order valence-electron chi connectivity index (χ4n) is 2.49. The molecule has 1 aromatic rings. The van der Waals surface area contributed by atoms with Crippen LogP contribution in [-0.4, -0.2) is 42.0 Å². The second-order valence-corrected chi connectivity index (χ2v) is 4.85. The van der Waals surface area contributed by atoms with E-state index in [1.807, 2.05) is 6.08 Å². The van der Waals surface area contributed by atoms with Crippen LogP contribution in [0, 0.1) is 0 Å². The minimum Gasteiger partial charge on any atom is -0.296 e. The van der Waals surface area contributed by atoms with Crippen LogP contribution >= 0.6 is 0 Å². The molecule has 0 saturated carbocycles. The summed E-state index contributed by atoms with van der Waals surface area (Å²) < 4.78 is 0. The van der Waals surface area contributed by atoms with Crippen molar-refractivity contribution in [1.29, 1.82) is 0 Å². The van der Waals surface area contributed by atoms with Gasteiger partial charge in [-0.05, 0) is 12.5 Å². The molecule has 1 saturated heterocycles. The zero-order chi connectivity index (χ0) is 12.1. The van der Waals surface area contributed by atoms with Gasteiger partial charge in [-0.1, -0.05) is 36.4 Å². The van der Waals surface area contributed by atoms with Gasteiger partial charge in [-0.25, -0.2) is 0 Å². The summed E-state index contributed by atoms with van der Waals surface area (Å²) in [6.45, 7) is 11.7. The molecule has 0 N–H and O–H groups in total. The van der Waals surface area contributed by atoms with E-state index in [0.29, 0.717) is 6.04 Å². The Morgan fingerprint density at radius 1 is 1.29 bits per heavy atom. The molecule has 0 unspecified atom stereocenters. The molecule has 92 valence electrons. The van der Waals surface area contributed by atoms with E-state index in [9.17, 15) is 0 Å². The molecule has 1 atom stereocenters. The Bertz CT molecular complexity index is 347. The summed E-state index contributed by atoms with van der Waals surface area (Å²) >= 11 is 0. The number of nitrogens with zero attached hydrogens (tertiary/aromatic N) is 2. The first-order valence-corrected chi connectivity index (χ1v) is 6.41. The smallest absolute Gasteiger partial charge is 0.0234 e. The van der Waals surface area contributed by atoms with Crippen molar-refractivity contribution in [2.45, 2.75) is 19.5 Å². The summed E-state index contributed by atoms with van der Waals surface area (Å²) in [5.41, 5.74) is 1.41. The van der Waals surface area contributed by atoms with Gasteiger partial charge in [-0.15, -0.1) is 6.58 Å². The van der Waals surface area contributed by atoms with Crippen LogP contribution in [-0.2, 0) is 6.54 Å². The van der Waals surface area contributed by atoms with Crippen molar-refractivity contribution >= 4 is 0 Å². The largest absolute Gasteiger partial charge is 0.296 e. The molecule has 0 radical (unpaired) electrons. The van der Waals surface area contributed by atoms with Gasteiger partial charge in [0.05, 0.1) is 0 Å². The van der Waals surface area contributed by atoms with E-state index >= 15 is 0 Å². The van der Waals surface area contributed by atoms with Crippen LogP contribution in [0.25, 0.3) is 0 Å². The van der Waals surface area contributed by atoms with Crippen LogP contribution in [0.4, 0.5) is 0 Å². The summed E-state index contributed by atoms with van der Waals surface area (Å²) in [7, 11) is 0. The van der Waals surface area contributed by atoms with Gasteiger partial charge in [-0.2, -0.15) is 0 Å². The van der Waals surface area contributed by atoms with Gasteiger partial charge in [0.25, 0.3) is 0 Å². The minimum atomic E-state index is 0.630. The van der Waals surface area contributed by atoms with E-state index in [1.165, 1.54) is 5.56 Å². The van der Waals surface area contributed by atoms with Crippen LogP contribution in [0.15, 0.2) is 43.0 Å². The van der Waals surface area contributed by atoms with E-state index in [2.05, 4.69) is 53.6 Å². The Morgan fingerprint density at radius 3 is 2.71 bits per heavy atom. The number of rotatable bonds is 4. The van der Waals surface area contributed by atoms with E-state index < -0.39 is 0 Å². The van der Waals surface area contributed by atoms with Crippen LogP contribution < -0.4 is 0 Å². The highest BCUT2D eigenvalue weighted by atomic mass is 15.3. The van der Waals surface area contributed by atoms with E-state index in [1.54, 1.807) is 0 Å². The Labute approximate surface area is 105 Å². The van der Waals surface area contributed by atoms with Gasteiger partial charge >= 0.3 is 0 Å². The fraction of sp³-hybridized carbons (Fsp3) is 0.467. The molecule has 1 aliphatic heterocycles. The Hall–Kier alpha value is -1.12. The number of hydrogen-bond donors (Lipinski definition) is 0. The van der Waals surface area contributed by atoms with Crippen molar-refractivity contribution in [3.8, 4) is 0 Å². The van der Waals surface area contributed by atoms with E-state index in [4.69, 9.17) is 0 Å². The summed E-state index contributed by atoms with van der Waals surface area (Å²) in [5, 5.41) is 0. The highest BCUT2D eigenvalue weighted by Gasteiger charge is 2.22. The molecule has 0 amide bonds. The topological polar surface area (TPSA) is 6.48 Å². The first-order chi connectivity index (χ1) is 8.29. The van der Waals surface area contributed by atoms with Gasteiger partial charge in [-0.3, -0.25) is 9.80 Å². The summed E-state index contributed by atoms with van der Waals surface area (Å²) in [6.07, 6.45) is 2.00. The van der Waals surface area contributed by atoms with Gasteiger partial charge in [0.1, 0.15) is 0 Å². The Morgan fingerprint density at radius 2 is 2.06 bits per heavy atom. The lowest BCUT2D eigenvalue weighted by atomic mass is 10.1. The van der Waals surface area contributed by atoms with Crippen LogP contribution in [0.5, 0.6) is 0 Å². The first kappa shape index (κ1) is 12.3. The average Bonchev–Trinajstić information content (AvgIpc) is 2.34. The minimum absolute atomic E-state index is 0.630. The van der Waals surface area contributed by atoms with Crippen LogP contribution in [0.2, 0.25) is 0 Å². The third-order valence-corrected chi connectivity index (χ3v) is 3.46. The molecule has 0 bridgehead atoms. The maximum atomic E-state index is 3.82. The standard InChI is InChI=1S/C15H22N2/c1-3-9-17-11-10-16(12-14(17)2)13-15-7-5-4-6-8-15/h3-8,14H,1,9-13H2,2H3/t14-/m0/s1. The second kappa shape index (κ2) is 5.99. The molecule has 0 spiro atoms. The highest BCUT2D eigenvalue weighted by Crippen LogP contribution is 2.12. The summed E-state index contributed by atoms with van der Waals surface area (Å²) in [4.78, 5) is 5.04. The number of benzene rings is 1. The normalized spacial score (nSPS) is 22.5. The molecule has 0 aliphatic carbocycles. The molecular formula is C15H22N2. The highest BCUT2D eigenvalue weighted by molar-refractivity contribution is 5.14. The molecule has 2 rings (SSSR count). The van der Waals surface area contributed by atoms with E-state index in [-0.39, 0.29) is 0 Å². The molecule has 1 fully saturated rings. The fourth-order valence-corrected chi connectivity index (χ4v) is 2.49. The van der Waals surface area contributed by atoms with Crippen molar-refractivity contribution in [1.82, 2.24) is 9.80 Å². The monoisotopic (exact) mass is 230 g/mol. The summed E-state index contributed by atoms with van der Waals surface area (Å²) in [6, 6.07) is 11.4. The molecule has 1 aromatic carbocycles. The molecule has 2 heteroatoms. The average molecular weight is 230 g/mol. The Balaban J connectivity index is 1.87. The molecular weight excluding hydrogens is 208 g/mol. The lowest BCUT2D eigenvalue weighted by molar-refractivity contribution is 0.0885.